The van der Waals surface area contributed by atoms with Crippen LogP contribution in [0, 0.1) is 5.92 Å². The number of piperidine rings is 1. The van der Waals surface area contributed by atoms with Gasteiger partial charge in [0.25, 0.3) is 0 Å². The Kier molecular flexibility index (Phi) is 8.86. The Morgan fingerprint density at radius 1 is 1.28 bits per heavy atom. The summed E-state index contributed by atoms with van der Waals surface area (Å²) in [4.78, 5) is 11.6. The second-order valence-electron chi connectivity index (χ2n) is 5.14. The van der Waals surface area contributed by atoms with Crippen molar-refractivity contribution in [2.45, 2.75) is 44.9 Å². The molecule has 1 aliphatic rings. The molecule has 0 radical (unpaired) electrons. The van der Waals surface area contributed by atoms with Gasteiger partial charge in [0.1, 0.15) is 0 Å². The predicted molar refractivity (Wildman–Crippen MR) is 73.6 cm³/mol. The van der Waals surface area contributed by atoms with E-state index in [0.717, 1.165) is 57.8 Å². The van der Waals surface area contributed by atoms with E-state index in [1.807, 2.05) is 0 Å². The van der Waals surface area contributed by atoms with Crippen LogP contribution in [0.4, 0.5) is 0 Å². The number of ether oxygens (including phenoxy) is 1. The Morgan fingerprint density at radius 3 is 2.78 bits per heavy atom. The minimum absolute atomic E-state index is 0.222. The van der Waals surface area contributed by atoms with Crippen LogP contribution in [0.5, 0.6) is 0 Å². The van der Waals surface area contributed by atoms with Gasteiger partial charge in [-0.15, -0.1) is 0 Å². The Hall–Kier alpha value is -0.610. The first kappa shape index (κ1) is 15.4. The van der Waals surface area contributed by atoms with Crippen molar-refractivity contribution in [1.29, 1.82) is 0 Å². The number of nitrogens with one attached hydrogen (secondary N) is 2. The van der Waals surface area contributed by atoms with E-state index in [1.54, 1.807) is 7.11 Å². The predicted octanol–water partition coefficient (Wildman–Crippen LogP) is 1.70. The van der Waals surface area contributed by atoms with Crippen molar-refractivity contribution in [3.63, 3.8) is 0 Å². The first-order chi connectivity index (χ1) is 8.83. The van der Waals surface area contributed by atoms with E-state index in [2.05, 4.69) is 10.6 Å². The molecule has 1 heterocycles. The lowest BCUT2D eigenvalue weighted by molar-refractivity contribution is -0.121. The minimum atomic E-state index is 0.222. The molecule has 1 aliphatic heterocycles. The van der Waals surface area contributed by atoms with Gasteiger partial charge in [0.15, 0.2) is 0 Å². The number of carbonyl (C=O) groups is 1. The van der Waals surface area contributed by atoms with Crippen LogP contribution < -0.4 is 10.6 Å². The molecule has 0 aromatic heterocycles. The highest BCUT2D eigenvalue weighted by molar-refractivity contribution is 5.75. The molecular weight excluding hydrogens is 228 g/mol. The van der Waals surface area contributed by atoms with E-state index in [-0.39, 0.29) is 5.91 Å². The van der Waals surface area contributed by atoms with E-state index in [0.29, 0.717) is 6.42 Å². The van der Waals surface area contributed by atoms with Gasteiger partial charge in [-0.3, -0.25) is 4.79 Å². The molecular formula is C14H28N2O2. The summed E-state index contributed by atoms with van der Waals surface area (Å²) in [6, 6.07) is 0. The first-order valence-corrected chi connectivity index (χ1v) is 7.29. The van der Waals surface area contributed by atoms with Crippen LogP contribution in [-0.2, 0) is 9.53 Å². The number of rotatable bonds is 9. The van der Waals surface area contributed by atoms with Crippen LogP contribution >= 0.6 is 0 Å². The normalized spacial score (nSPS) is 16.7. The molecule has 4 heteroatoms. The average molecular weight is 256 g/mol. The summed E-state index contributed by atoms with van der Waals surface area (Å²) in [6.45, 7) is 3.87. The largest absolute Gasteiger partial charge is 0.385 e. The van der Waals surface area contributed by atoms with Gasteiger partial charge in [-0.2, -0.15) is 0 Å². The van der Waals surface area contributed by atoms with E-state index >= 15 is 0 Å². The van der Waals surface area contributed by atoms with Crippen molar-refractivity contribution in [1.82, 2.24) is 10.6 Å². The van der Waals surface area contributed by atoms with Gasteiger partial charge in [-0.1, -0.05) is 0 Å². The van der Waals surface area contributed by atoms with Crippen LogP contribution in [0.1, 0.15) is 44.9 Å². The highest BCUT2D eigenvalue weighted by atomic mass is 16.5. The lowest BCUT2D eigenvalue weighted by atomic mass is 9.93. The lowest BCUT2D eigenvalue weighted by Crippen LogP contribution is -2.29. The topological polar surface area (TPSA) is 50.4 Å². The third kappa shape index (κ3) is 7.67. The number of methoxy groups -OCH3 is 1. The second-order valence-corrected chi connectivity index (χ2v) is 5.14. The van der Waals surface area contributed by atoms with E-state index in [1.165, 1.54) is 12.8 Å². The molecule has 0 aromatic rings. The molecule has 0 atom stereocenters. The summed E-state index contributed by atoms with van der Waals surface area (Å²) in [5.41, 5.74) is 0. The minimum Gasteiger partial charge on any atom is -0.385 e. The van der Waals surface area contributed by atoms with Crippen molar-refractivity contribution >= 4 is 5.91 Å². The van der Waals surface area contributed by atoms with Crippen molar-refractivity contribution in [3.05, 3.63) is 0 Å². The molecule has 0 saturated carbocycles. The molecule has 0 bridgehead atoms. The Labute approximate surface area is 111 Å². The molecule has 4 nitrogen and oxygen atoms in total. The Bertz CT molecular complexity index is 216. The molecule has 1 rings (SSSR count). The highest BCUT2D eigenvalue weighted by Gasteiger charge is 2.14. The van der Waals surface area contributed by atoms with Gasteiger partial charge < -0.3 is 15.4 Å². The smallest absolute Gasteiger partial charge is 0.220 e. The molecule has 1 fully saturated rings. The van der Waals surface area contributed by atoms with Crippen LogP contribution in [0.2, 0.25) is 0 Å². The molecule has 0 aliphatic carbocycles. The van der Waals surface area contributed by atoms with Gasteiger partial charge in [0.05, 0.1) is 0 Å². The third-order valence-electron chi connectivity index (χ3n) is 3.59. The number of hydrogen-bond acceptors (Lipinski definition) is 3. The number of hydrogen-bond donors (Lipinski definition) is 2. The quantitative estimate of drug-likeness (QED) is 0.617. The summed E-state index contributed by atoms with van der Waals surface area (Å²) in [7, 11) is 1.72. The maximum Gasteiger partial charge on any atom is 0.220 e. The maximum atomic E-state index is 11.6. The summed E-state index contributed by atoms with van der Waals surface area (Å²) in [5, 5.41) is 6.35. The van der Waals surface area contributed by atoms with Gasteiger partial charge >= 0.3 is 0 Å². The standard InChI is InChI=1S/C14H28N2O2/c1-18-12-4-2-3-9-16-14(17)6-5-13-7-10-15-11-8-13/h13,15H,2-12H2,1H3,(H,16,17). The fourth-order valence-electron chi connectivity index (χ4n) is 2.37. The van der Waals surface area contributed by atoms with Crippen molar-refractivity contribution in [3.8, 4) is 0 Å². The Balaban J connectivity index is 1.90. The molecule has 0 aromatic carbocycles. The average Bonchev–Trinajstić information content (AvgIpc) is 2.41. The summed E-state index contributed by atoms with van der Waals surface area (Å²) in [6.07, 6.45) is 7.47. The number of carbonyl (C=O) groups excluding carboxylic acids is 1. The van der Waals surface area contributed by atoms with E-state index in [9.17, 15) is 4.79 Å². The maximum absolute atomic E-state index is 11.6. The van der Waals surface area contributed by atoms with Crippen LogP contribution in [0.3, 0.4) is 0 Å². The fraction of sp³-hybridized carbons (Fsp3) is 0.929. The molecule has 1 saturated heterocycles. The second kappa shape index (κ2) is 10.3. The number of amides is 1. The third-order valence-corrected chi connectivity index (χ3v) is 3.59. The molecule has 18 heavy (non-hydrogen) atoms. The molecule has 106 valence electrons. The SMILES string of the molecule is COCCCCCNC(=O)CCC1CCNCC1. The summed E-state index contributed by atoms with van der Waals surface area (Å²) < 4.78 is 4.98. The van der Waals surface area contributed by atoms with Crippen LogP contribution in [0.25, 0.3) is 0 Å². The molecule has 0 unspecified atom stereocenters. The van der Waals surface area contributed by atoms with Crippen molar-refractivity contribution in [2.24, 2.45) is 5.92 Å². The monoisotopic (exact) mass is 256 g/mol. The first-order valence-electron chi connectivity index (χ1n) is 7.29. The number of unbranched alkanes of at least 4 members (excludes halogenated alkanes) is 2. The zero-order chi connectivity index (χ0) is 13.1. The molecule has 2 N–H and O–H groups in total. The summed E-state index contributed by atoms with van der Waals surface area (Å²) >= 11 is 0. The van der Waals surface area contributed by atoms with Gasteiger partial charge in [0, 0.05) is 26.7 Å². The van der Waals surface area contributed by atoms with Gasteiger partial charge in [-0.05, 0) is 57.5 Å². The molecule has 0 spiro atoms. The fourth-order valence-corrected chi connectivity index (χ4v) is 2.37. The van der Waals surface area contributed by atoms with Crippen LogP contribution in [0.15, 0.2) is 0 Å². The van der Waals surface area contributed by atoms with E-state index in [4.69, 9.17) is 4.74 Å². The molecule has 1 amide bonds. The zero-order valence-electron chi connectivity index (χ0n) is 11.7. The highest BCUT2D eigenvalue weighted by Crippen LogP contribution is 2.17. The Morgan fingerprint density at radius 2 is 2.06 bits per heavy atom. The van der Waals surface area contributed by atoms with E-state index < -0.39 is 0 Å². The lowest BCUT2D eigenvalue weighted by Gasteiger charge is -2.22. The van der Waals surface area contributed by atoms with Crippen molar-refractivity contribution in [2.75, 3.05) is 33.4 Å². The van der Waals surface area contributed by atoms with Crippen molar-refractivity contribution < 1.29 is 9.53 Å². The zero-order valence-corrected chi connectivity index (χ0v) is 11.7. The van der Waals surface area contributed by atoms with Gasteiger partial charge in [-0.25, -0.2) is 0 Å². The van der Waals surface area contributed by atoms with Gasteiger partial charge in [0.2, 0.25) is 5.91 Å². The van der Waals surface area contributed by atoms with Crippen LogP contribution in [-0.4, -0.2) is 39.3 Å². The summed E-state index contributed by atoms with van der Waals surface area (Å²) in [5.74, 6) is 0.971.